The highest BCUT2D eigenvalue weighted by molar-refractivity contribution is 5.97. The van der Waals surface area contributed by atoms with Gasteiger partial charge >= 0.3 is 0 Å². The van der Waals surface area contributed by atoms with E-state index in [1.807, 2.05) is 31.2 Å². The minimum absolute atomic E-state index is 0.00887. The lowest BCUT2D eigenvalue weighted by molar-refractivity contribution is -0.121. The Morgan fingerprint density at radius 3 is 2.22 bits per heavy atom. The zero-order valence-corrected chi connectivity index (χ0v) is 15.7. The number of carbonyl (C=O) groups is 3. The average Bonchev–Trinajstić information content (AvgIpc) is 2.68. The molecule has 5 heteroatoms. The number of Topliss-reactive ketones (excluding diaryl/α,β-unsaturated/α-hetero) is 1. The van der Waals surface area contributed by atoms with Crippen LogP contribution in [0, 0.1) is 12.8 Å². The van der Waals surface area contributed by atoms with E-state index in [9.17, 15) is 14.4 Å². The fourth-order valence-electron chi connectivity index (χ4n) is 3.29. The molecule has 5 nitrogen and oxygen atoms in total. The molecule has 3 rings (SSSR count). The molecule has 1 aliphatic rings. The molecule has 27 heavy (non-hydrogen) atoms. The van der Waals surface area contributed by atoms with Crippen LogP contribution in [0.15, 0.2) is 48.5 Å². The van der Waals surface area contributed by atoms with Gasteiger partial charge in [-0.15, -0.1) is 0 Å². The number of aryl methyl sites for hydroxylation is 1. The Labute approximate surface area is 159 Å². The minimum Gasteiger partial charge on any atom is -0.338 e. The molecular formula is C22H24N2O3. The van der Waals surface area contributed by atoms with E-state index in [2.05, 4.69) is 5.32 Å². The summed E-state index contributed by atoms with van der Waals surface area (Å²) in [4.78, 5) is 38.4. The Balaban J connectivity index is 1.63. The first kappa shape index (κ1) is 18.8. The lowest BCUT2D eigenvalue weighted by Crippen LogP contribution is -2.43. The predicted molar refractivity (Wildman–Crippen MR) is 105 cm³/mol. The smallest absolute Gasteiger partial charge is 0.253 e. The number of hydrogen-bond donors (Lipinski definition) is 1. The third-order valence-electron chi connectivity index (χ3n) is 4.94. The molecule has 0 spiro atoms. The van der Waals surface area contributed by atoms with Crippen molar-refractivity contribution < 1.29 is 14.4 Å². The van der Waals surface area contributed by atoms with Gasteiger partial charge in [0.15, 0.2) is 5.78 Å². The molecule has 1 unspecified atom stereocenters. The number of hydrogen-bond acceptors (Lipinski definition) is 3. The third-order valence-corrected chi connectivity index (χ3v) is 4.94. The fourth-order valence-corrected chi connectivity index (χ4v) is 3.29. The second-order valence-corrected chi connectivity index (χ2v) is 7.08. The molecule has 140 valence electrons. The molecule has 1 heterocycles. The number of anilines is 1. The molecule has 1 atom stereocenters. The summed E-state index contributed by atoms with van der Waals surface area (Å²) in [5.74, 6) is -0.364. The van der Waals surface area contributed by atoms with Gasteiger partial charge in [-0.05, 0) is 63.1 Å². The maximum atomic E-state index is 12.7. The fraction of sp³-hybridized carbons (Fsp3) is 0.318. The van der Waals surface area contributed by atoms with E-state index in [4.69, 9.17) is 0 Å². The van der Waals surface area contributed by atoms with Crippen LogP contribution in [-0.2, 0) is 4.79 Å². The van der Waals surface area contributed by atoms with Crippen LogP contribution in [0.1, 0.15) is 46.0 Å². The molecule has 2 aromatic carbocycles. The Morgan fingerprint density at radius 1 is 0.963 bits per heavy atom. The minimum atomic E-state index is -0.236. The van der Waals surface area contributed by atoms with Gasteiger partial charge in [0.1, 0.15) is 0 Å². The van der Waals surface area contributed by atoms with Crippen molar-refractivity contribution in [2.45, 2.75) is 26.7 Å². The molecule has 1 N–H and O–H groups in total. The van der Waals surface area contributed by atoms with E-state index >= 15 is 0 Å². The lowest BCUT2D eigenvalue weighted by Gasteiger charge is -2.32. The number of likely N-dealkylation sites (tertiary alicyclic amines) is 1. The standard InChI is InChI=1S/C22H24N2O3/c1-15-5-7-18(8-6-15)22(27)24-13-3-4-19(14-24)21(26)23-20-11-9-17(10-12-20)16(2)25/h5-12,19H,3-4,13-14H2,1-2H3,(H,23,26). The van der Waals surface area contributed by atoms with Crippen LogP contribution >= 0.6 is 0 Å². The summed E-state index contributed by atoms with van der Waals surface area (Å²) in [5.41, 5.74) is 3.03. The van der Waals surface area contributed by atoms with E-state index in [1.165, 1.54) is 6.92 Å². The molecule has 0 saturated carbocycles. The normalized spacial score (nSPS) is 16.7. The zero-order valence-electron chi connectivity index (χ0n) is 15.7. The zero-order chi connectivity index (χ0) is 19.4. The Kier molecular flexibility index (Phi) is 5.69. The van der Waals surface area contributed by atoms with Crippen LogP contribution in [0.2, 0.25) is 0 Å². The van der Waals surface area contributed by atoms with E-state index in [0.717, 1.165) is 18.4 Å². The SMILES string of the molecule is CC(=O)c1ccc(NC(=O)C2CCCN(C(=O)c3ccc(C)cc3)C2)cc1. The van der Waals surface area contributed by atoms with Crippen LogP contribution in [0.3, 0.4) is 0 Å². The lowest BCUT2D eigenvalue weighted by atomic mass is 9.96. The maximum Gasteiger partial charge on any atom is 0.253 e. The summed E-state index contributed by atoms with van der Waals surface area (Å²) in [6.45, 7) is 4.58. The highest BCUT2D eigenvalue weighted by atomic mass is 16.2. The van der Waals surface area contributed by atoms with Crippen LogP contribution in [-0.4, -0.2) is 35.6 Å². The Hall–Kier alpha value is -2.95. The predicted octanol–water partition coefficient (Wildman–Crippen LogP) is 3.69. The number of carbonyl (C=O) groups excluding carboxylic acids is 3. The molecule has 1 fully saturated rings. The molecule has 2 amide bonds. The second-order valence-electron chi connectivity index (χ2n) is 7.08. The van der Waals surface area contributed by atoms with E-state index in [-0.39, 0.29) is 23.5 Å². The van der Waals surface area contributed by atoms with Crippen LogP contribution in [0.5, 0.6) is 0 Å². The number of amides is 2. The summed E-state index contributed by atoms with van der Waals surface area (Å²) >= 11 is 0. The van der Waals surface area contributed by atoms with E-state index in [0.29, 0.717) is 29.9 Å². The molecular weight excluding hydrogens is 340 g/mol. The summed E-state index contributed by atoms with van der Waals surface area (Å²) in [5, 5.41) is 2.90. The Morgan fingerprint density at radius 2 is 1.59 bits per heavy atom. The van der Waals surface area contributed by atoms with Gasteiger partial charge < -0.3 is 10.2 Å². The first-order chi connectivity index (χ1) is 12.9. The summed E-state index contributed by atoms with van der Waals surface area (Å²) in [6.07, 6.45) is 1.56. The molecule has 1 aliphatic heterocycles. The largest absolute Gasteiger partial charge is 0.338 e. The van der Waals surface area contributed by atoms with Crippen molar-refractivity contribution in [2.75, 3.05) is 18.4 Å². The number of piperidine rings is 1. The van der Waals surface area contributed by atoms with Crippen molar-refractivity contribution in [3.05, 3.63) is 65.2 Å². The molecule has 0 aliphatic carbocycles. The van der Waals surface area contributed by atoms with Gasteiger partial charge in [-0.1, -0.05) is 17.7 Å². The molecule has 1 saturated heterocycles. The number of benzene rings is 2. The van der Waals surface area contributed by atoms with Crippen molar-refractivity contribution in [3.8, 4) is 0 Å². The van der Waals surface area contributed by atoms with Gasteiger partial charge in [0.25, 0.3) is 5.91 Å². The summed E-state index contributed by atoms with van der Waals surface area (Å²) < 4.78 is 0. The van der Waals surface area contributed by atoms with Crippen LogP contribution in [0.4, 0.5) is 5.69 Å². The summed E-state index contributed by atoms with van der Waals surface area (Å²) in [6, 6.07) is 14.4. The second kappa shape index (κ2) is 8.16. The quantitative estimate of drug-likeness (QED) is 0.842. The maximum absolute atomic E-state index is 12.7. The van der Waals surface area contributed by atoms with E-state index in [1.54, 1.807) is 29.2 Å². The van der Waals surface area contributed by atoms with Crippen molar-refractivity contribution in [2.24, 2.45) is 5.92 Å². The first-order valence-corrected chi connectivity index (χ1v) is 9.22. The monoisotopic (exact) mass is 364 g/mol. The van der Waals surface area contributed by atoms with Gasteiger partial charge in [0, 0.05) is 29.9 Å². The Bertz CT molecular complexity index is 841. The van der Waals surface area contributed by atoms with Gasteiger partial charge in [-0.2, -0.15) is 0 Å². The average molecular weight is 364 g/mol. The van der Waals surface area contributed by atoms with Gasteiger partial charge in [-0.3, -0.25) is 14.4 Å². The highest BCUT2D eigenvalue weighted by Crippen LogP contribution is 2.21. The topological polar surface area (TPSA) is 66.5 Å². The first-order valence-electron chi connectivity index (χ1n) is 9.22. The number of nitrogens with zero attached hydrogens (tertiary/aromatic N) is 1. The van der Waals surface area contributed by atoms with Crippen molar-refractivity contribution in [1.82, 2.24) is 4.90 Å². The number of nitrogens with one attached hydrogen (secondary N) is 1. The van der Waals surface area contributed by atoms with Crippen molar-refractivity contribution in [3.63, 3.8) is 0 Å². The van der Waals surface area contributed by atoms with Crippen LogP contribution in [0.25, 0.3) is 0 Å². The van der Waals surface area contributed by atoms with Crippen LogP contribution < -0.4 is 5.32 Å². The number of ketones is 1. The molecule has 0 radical (unpaired) electrons. The van der Waals surface area contributed by atoms with Gasteiger partial charge in [-0.25, -0.2) is 0 Å². The van der Waals surface area contributed by atoms with Crippen molar-refractivity contribution >= 4 is 23.3 Å². The van der Waals surface area contributed by atoms with Gasteiger partial charge in [0.2, 0.25) is 5.91 Å². The van der Waals surface area contributed by atoms with Gasteiger partial charge in [0.05, 0.1) is 5.92 Å². The highest BCUT2D eigenvalue weighted by Gasteiger charge is 2.29. The summed E-state index contributed by atoms with van der Waals surface area (Å²) in [7, 11) is 0. The number of rotatable bonds is 4. The molecule has 0 bridgehead atoms. The van der Waals surface area contributed by atoms with E-state index < -0.39 is 0 Å². The molecule has 2 aromatic rings. The van der Waals surface area contributed by atoms with Crippen molar-refractivity contribution in [1.29, 1.82) is 0 Å². The third kappa shape index (κ3) is 4.61. The molecule has 0 aromatic heterocycles.